The number of nitrogens with one attached hydrogen (secondary N) is 4. The number of ether oxygens (including phenoxy) is 1. The molecule has 129 heavy (non-hydrogen) atoms. The molecule has 0 saturated carbocycles. The highest BCUT2D eigenvalue weighted by molar-refractivity contribution is 7.91. The van der Waals surface area contributed by atoms with E-state index in [0.29, 0.717) is 88.7 Å². The molecule has 0 aliphatic carbocycles. The van der Waals surface area contributed by atoms with E-state index in [4.69, 9.17) is 27.7 Å². The van der Waals surface area contributed by atoms with Crippen LogP contribution in [-0.4, -0.2) is 137 Å². The van der Waals surface area contributed by atoms with Crippen molar-refractivity contribution in [3.63, 3.8) is 0 Å². The van der Waals surface area contributed by atoms with Crippen molar-refractivity contribution >= 4 is 66.6 Å². The number of aliphatic hydroxyl groups excluding tert-OH is 3. The van der Waals surface area contributed by atoms with Crippen molar-refractivity contribution in [3.8, 4) is 55.6 Å². The SMILES string of the molecule is Cc1cc(C(=O)N[C@H](CO)c2ccccc2)ccc1-c1cc(C2CCOCC2)cnc1N.Nc1ncc(-c2ccncc2)cc1-c1ccc(C(=O)N[C@H](CO)c2ccccc2)cc1.Nc1ncc(C2CCS(=O)(=O)CC2)cc1-c1ccc(C(=O)NCc2ccccc2)c(F)c1.Nc1ncc(C2CCS(=O)(=O)CC2)cc1-c1ccc(C(=O)N[C@H](CO)c2ccccc2)c(F)c1. The van der Waals surface area contributed by atoms with Crippen LogP contribution >= 0.6 is 0 Å². The number of carbonyl (C=O) groups is 4. The summed E-state index contributed by atoms with van der Waals surface area (Å²) in [6, 6.07) is 68.4. The number of amides is 4. The lowest BCUT2D eigenvalue weighted by atomic mass is 9.90. The summed E-state index contributed by atoms with van der Waals surface area (Å²) in [7, 11) is -5.96. The van der Waals surface area contributed by atoms with Crippen molar-refractivity contribution in [2.24, 2.45) is 0 Å². The van der Waals surface area contributed by atoms with E-state index in [1.165, 1.54) is 29.8 Å². The molecule has 15 N–H and O–H groups in total. The topological polar surface area (TPSA) is 423 Å². The molecular formula is C100H101F2N13O12S2. The summed E-state index contributed by atoms with van der Waals surface area (Å²) in [5, 5.41) is 40.2. The third kappa shape index (κ3) is 24.5. The lowest BCUT2D eigenvalue weighted by molar-refractivity contribution is 0.0852. The largest absolute Gasteiger partial charge is 0.394 e. The number of rotatable bonds is 23. The number of hydrogen-bond donors (Lipinski definition) is 11. The van der Waals surface area contributed by atoms with Gasteiger partial charge in [0.05, 0.1) is 72.1 Å². The summed E-state index contributed by atoms with van der Waals surface area (Å²) in [5.41, 5.74) is 39.9. The maximum absolute atomic E-state index is 15.0. The van der Waals surface area contributed by atoms with Gasteiger partial charge in [0.1, 0.15) is 54.6 Å². The van der Waals surface area contributed by atoms with E-state index in [0.717, 1.165) is 92.8 Å². The Morgan fingerprint density at radius 3 is 1.22 bits per heavy atom. The van der Waals surface area contributed by atoms with Crippen LogP contribution in [0.1, 0.15) is 160 Å². The van der Waals surface area contributed by atoms with Crippen LogP contribution in [0.2, 0.25) is 0 Å². The molecule has 3 fully saturated rings. The predicted molar refractivity (Wildman–Crippen MR) is 497 cm³/mol. The highest BCUT2D eigenvalue weighted by atomic mass is 32.2. The number of sulfone groups is 2. The molecule has 25 nitrogen and oxygen atoms in total. The van der Waals surface area contributed by atoms with Crippen LogP contribution in [0, 0.1) is 18.6 Å². The van der Waals surface area contributed by atoms with Gasteiger partial charge in [0, 0.05) is 95.9 Å². The molecule has 3 aliphatic rings. The second-order valence-electron chi connectivity index (χ2n) is 31.8. The first-order valence-electron chi connectivity index (χ1n) is 42.3. The zero-order valence-corrected chi connectivity index (χ0v) is 72.5. The first kappa shape index (κ1) is 92.8. The van der Waals surface area contributed by atoms with Gasteiger partial charge in [-0.1, -0.05) is 152 Å². The van der Waals surface area contributed by atoms with Crippen LogP contribution in [0.4, 0.5) is 32.1 Å². The molecule has 3 saturated heterocycles. The first-order valence-corrected chi connectivity index (χ1v) is 45.9. The van der Waals surface area contributed by atoms with Gasteiger partial charge in [-0.25, -0.2) is 45.6 Å². The Labute approximate surface area is 747 Å². The second kappa shape index (κ2) is 43.6. The van der Waals surface area contributed by atoms with Crippen LogP contribution < -0.4 is 44.2 Å². The van der Waals surface area contributed by atoms with Crippen LogP contribution in [0.15, 0.2) is 274 Å². The van der Waals surface area contributed by atoms with Gasteiger partial charge < -0.3 is 64.3 Å². The van der Waals surface area contributed by atoms with E-state index in [1.807, 2.05) is 165 Å². The van der Waals surface area contributed by atoms with E-state index < -0.39 is 61.2 Å². The average molecular weight is 1780 g/mol. The number of nitrogens with two attached hydrogens (primary N) is 4. The zero-order valence-electron chi connectivity index (χ0n) is 70.9. The molecule has 3 aliphatic heterocycles. The van der Waals surface area contributed by atoms with Crippen molar-refractivity contribution in [2.75, 3.05) is 79.0 Å². The van der Waals surface area contributed by atoms with Crippen LogP contribution in [0.5, 0.6) is 0 Å². The predicted octanol–water partition coefficient (Wildman–Crippen LogP) is 14.8. The third-order valence-electron chi connectivity index (χ3n) is 23.1. The number of anilines is 4. The number of carbonyl (C=O) groups excluding carboxylic acids is 4. The van der Waals surface area contributed by atoms with E-state index in [1.54, 1.807) is 85.6 Å². The Morgan fingerprint density at radius 2 is 0.775 bits per heavy atom. The van der Waals surface area contributed by atoms with Crippen LogP contribution in [0.3, 0.4) is 0 Å². The molecule has 16 rings (SSSR count). The molecule has 0 bridgehead atoms. The quantitative estimate of drug-likeness (QED) is 0.0283. The highest BCUT2D eigenvalue weighted by Gasteiger charge is 2.30. The summed E-state index contributed by atoms with van der Waals surface area (Å²) in [6.45, 7) is 3.12. The number of hydrogen-bond acceptors (Lipinski definition) is 21. The fourth-order valence-electron chi connectivity index (χ4n) is 15.7. The van der Waals surface area contributed by atoms with E-state index >= 15 is 0 Å². The van der Waals surface area contributed by atoms with Crippen molar-refractivity contribution in [1.82, 2.24) is 46.2 Å². The Morgan fingerprint density at radius 1 is 0.395 bits per heavy atom. The monoisotopic (exact) mass is 1780 g/mol. The fraction of sp³-hybridized carbons (Fsp3) is 0.230. The van der Waals surface area contributed by atoms with Gasteiger partial charge in [0.2, 0.25) is 0 Å². The summed E-state index contributed by atoms with van der Waals surface area (Å²) in [5.74, 6) is -0.553. The number of nitrogen functional groups attached to an aromatic ring is 4. The molecule has 3 atom stereocenters. The average Bonchev–Trinajstić information content (AvgIpc) is 0.943. The van der Waals surface area contributed by atoms with Gasteiger partial charge in [-0.3, -0.25) is 24.2 Å². The summed E-state index contributed by atoms with van der Waals surface area (Å²) in [6.07, 6.45) is 14.4. The first-order chi connectivity index (χ1) is 62.3. The number of pyridine rings is 5. The number of benzene rings is 8. The summed E-state index contributed by atoms with van der Waals surface area (Å²) in [4.78, 5) is 71.9. The van der Waals surface area contributed by atoms with Crippen molar-refractivity contribution < 1.29 is 64.9 Å². The van der Waals surface area contributed by atoms with Crippen molar-refractivity contribution in [2.45, 2.75) is 87.9 Å². The van der Waals surface area contributed by atoms with E-state index in [2.05, 4.69) is 52.3 Å². The molecule has 0 spiro atoms. The second-order valence-corrected chi connectivity index (χ2v) is 36.4. The molecule has 0 unspecified atom stereocenters. The Hall–Kier alpha value is -13.8. The number of halogens is 2. The molecule has 4 amide bonds. The minimum atomic E-state index is -2.99. The molecule has 0 radical (unpaired) electrons. The van der Waals surface area contributed by atoms with E-state index in [-0.39, 0.29) is 89.2 Å². The molecule has 5 aromatic heterocycles. The Balaban J connectivity index is 0.000000147. The summed E-state index contributed by atoms with van der Waals surface area (Å²) < 4.78 is 82.1. The van der Waals surface area contributed by atoms with Gasteiger partial charge in [-0.15, -0.1) is 0 Å². The minimum Gasteiger partial charge on any atom is -0.394 e. The molecule has 29 heteroatoms. The molecule has 8 aromatic carbocycles. The maximum atomic E-state index is 15.0. The molecule has 8 heterocycles. The number of nitrogens with zero attached hydrogens (tertiary/aromatic N) is 5. The Kier molecular flexibility index (Phi) is 31.4. The van der Waals surface area contributed by atoms with Crippen molar-refractivity contribution in [3.05, 3.63) is 352 Å². The maximum Gasteiger partial charge on any atom is 0.254 e. The van der Waals surface area contributed by atoms with E-state index in [9.17, 15) is 60.1 Å². The van der Waals surface area contributed by atoms with Crippen molar-refractivity contribution in [1.29, 1.82) is 0 Å². The number of aromatic nitrogens is 5. The zero-order chi connectivity index (χ0) is 91.1. The molecule has 664 valence electrons. The van der Waals surface area contributed by atoms with Crippen LogP contribution in [0.25, 0.3) is 55.6 Å². The molecule has 13 aromatic rings. The normalized spacial score (nSPS) is 14.9. The van der Waals surface area contributed by atoms with Gasteiger partial charge in [-0.05, 0) is 220 Å². The lowest BCUT2D eigenvalue weighted by Gasteiger charge is -2.23. The summed E-state index contributed by atoms with van der Waals surface area (Å²) >= 11 is 0. The standard InChI is InChI=1S/C26H29N3O3.C25H26FN3O4S.C25H22N4O2.C24H24FN3O3S/c1-17-13-20(26(31)29-24(16-30)19-5-3-2-4-6-19)7-8-22(17)23-14-21(15-28-25(23)27)18-9-11-32-12-10-18;26-22-13-18(6-7-20(22)25(31)29-23(15-30)17-4-2-1-3-5-17)21-12-19(14-28-24(21)27)16-8-10-34(32,33)11-9-16;26-24-22(14-21(15-28-24)17-10-12-27-13-11-17)18-6-8-20(9-7-18)25(31)29-23(16-30)19-4-2-1-3-5-19;25-22-13-18(6-7-20(22)24(29)28-14-16-4-2-1-3-5-16)21-12-19(15-27-23(21)26)17-8-10-32(30,31)11-9-17/h2-8,13-15,18,24,30H,9-12,16H2,1H3,(H2,27,28)(H,29,31);1-7,12-14,16,23,30H,8-11,15H2,(H2,27,28)(H,29,31);1-15,23,30H,16H2,(H2,26,28)(H,29,31);1-7,12-13,15,17H,8-11,14H2,(H2,26,27)(H,28,29)/t24-;2*23-;/m111./s1. The third-order valence-corrected chi connectivity index (χ3v) is 26.6. The lowest BCUT2D eigenvalue weighted by Crippen LogP contribution is -2.31. The smallest absolute Gasteiger partial charge is 0.254 e. The van der Waals surface area contributed by atoms with Gasteiger partial charge in [0.25, 0.3) is 23.6 Å². The molecular weight excluding hydrogens is 1680 g/mol. The fourth-order valence-corrected chi connectivity index (χ4v) is 18.7. The van der Waals surface area contributed by atoms with Crippen LogP contribution in [-0.2, 0) is 31.0 Å². The Bertz CT molecular complexity index is 6290. The highest BCUT2D eigenvalue weighted by Crippen LogP contribution is 2.39. The van der Waals surface area contributed by atoms with Gasteiger partial charge >= 0.3 is 0 Å². The van der Waals surface area contributed by atoms with Gasteiger partial charge in [-0.2, -0.15) is 0 Å². The van der Waals surface area contributed by atoms with Gasteiger partial charge in [0.15, 0.2) is 0 Å². The number of aliphatic hydroxyl groups is 3. The minimum absolute atomic E-state index is 0.0404. The number of aryl methyl sites for hydroxylation is 1.